The van der Waals surface area contributed by atoms with Gasteiger partial charge in [-0.2, -0.15) is 0 Å². The van der Waals surface area contributed by atoms with Gasteiger partial charge in [0, 0.05) is 18.2 Å². The molecule has 1 fully saturated rings. The number of rotatable bonds is 2. The smallest absolute Gasteiger partial charge is 0.254 e. The van der Waals surface area contributed by atoms with Crippen LogP contribution in [0.15, 0.2) is 18.2 Å². The van der Waals surface area contributed by atoms with Crippen molar-refractivity contribution in [2.75, 3.05) is 30.3 Å². The molecule has 2 aliphatic heterocycles. The molecule has 2 heterocycles. The molecule has 0 N–H and O–H groups in total. The Labute approximate surface area is 137 Å². The molecule has 2 atom stereocenters. The minimum absolute atomic E-state index is 0.0194. The zero-order valence-corrected chi connectivity index (χ0v) is 14.5. The topological polar surface area (TPSA) is 66.9 Å². The molecule has 23 heavy (non-hydrogen) atoms. The second kappa shape index (κ2) is 5.79. The van der Waals surface area contributed by atoms with Gasteiger partial charge in [-0.1, -0.05) is 0 Å². The molecule has 1 aromatic carbocycles. The lowest BCUT2D eigenvalue weighted by Gasteiger charge is -2.33. The largest absolute Gasteiger partial charge is 0.377 e. The van der Waals surface area contributed by atoms with Crippen molar-refractivity contribution >= 4 is 21.6 Å². The zero-order valence-electron chi connectivity index (χ0n) is 13.7. The van der Waals surface area contributed by atoms with Gasteiger partial charge >= 0.3 is 0 Å². The van der Waals surface area contributed by atoms with Crippen molar-refractivity contribution in [1.29, 1.82) is 0 Å². The lowest BCUT2D eigenvalue weighted by Crippen LogP contribution is -2.47. The van der Waals surface area contributed by atoms with E-state index in [1.165, 1.54) is 10.6 Å². The van der Waals surface area contributed by atoms with Crippen molar-refractivity contribution < 1.29 is 17.9 Å². The number of amides is 1. The Bertz CT molecular complexity index is 732. The molecular weight excluding hydrogens is 316 g/mol. The number of carbonyl (C=O) groups is 1. The van der Waals surface area contributed by atoms with Gasteiger partial charge < -0.3 is 9.64 Å². The average molecular weight is 338 g/mol. The Kier molecular flexibility index (Phi) is 4.10. The summed E-state index contributed by atoms with van der Waals surface area (Å²) in [6, 6.07) is 5.24. The maximum atomic E-state index is 12.7. The number of ether oxygens (including phenoxy) is 1. The van der Waals surface area contributed by atoms with Crippen LogP contribution in [0.25, 0.3) is 0 Å². The van der Waals surface area contributed by atoms with Crippen LogP contribution < -0.4 is 4.31 Å². The first kappa shape index (κ1) is 16.3. The highest BCUT2D eigenvalue weighted by atomic mass is 32.2. The fourth-order valence-corrected chi connectivity index (χ4v) is 4.70. The summed E-state index contributed by atoms with van der Waals surface area (Å²) in [5.74, 6) is -0.0194. The van der Waals surface area contributed by atoms with Crippen LogP contribution >= 0.6 is 0 Å². The number of morpholine rings is 1. The number of fused-ring (bicyclic) bond motifs is 1. The number of hydrogen-bond acceptors (Lipinski definition) is 4. The predicted molar refractivity (Wildman–Crippen MR) is 88.2 cm³/mol. The number of benzene rings is 1. The number of hydrogen-bond donors (Lipinski definition) is 0. The molecule has 0 bridgehead atoms. The van der Waals surface area contributed by atoms with Crippen molar-refractivity contribution in [2.45, 2.75) is 32.4 Å². The van der Waals surface area contributed by atoms with Crippen molar-refractivity contribution in [3.05, 3.63) is 29.3 Å². The van der Waals surface area contributed by atoms with Crippen molar-refractivity contribution in [1.82, 2.24) is 4.90 Å². The zero-order chi connectivity index (χ0) is 16.8. The maximum Gasteiger partial charge on any atom is 0.254 e. The summed E-state index contributed by atoms with van der Waals surface area (Å²) < 4.78 is 30.7. The van der Waals surface area contributed by atoms with Gasteiger partial charge in [-0.15, -0.1) is 0 Å². The van der Waals surface area contributed by atoms with Crippen LogP contribution in [0.2, 0.25) is 0 Å². The molecule has 0 saturated carbocycles. The monoisotopic (exact) mass is 338 g/mol. The van der Waals surface area contributed by atoms with E-state index in [-0.39, 0.29) is 18.0 Å². The van der Waals surface area contributed by atoms with Gasteiger partial charge in [0.2, 0.25) is 10.0 Å². The highest BCUT2D eigenvalue weighted by Crippen LogP contribution is 2.35. The number of carbonyl (C=O) groups excluding carboxylic acids is 1. The lowest BCUT2D eigenvalue weighted by atomic mass is 10.1. The van der Waals surface area contributed by atoms with Gasteiger partial charge in [0.05, 0.1) is 31.2 Å². The van der Waals surface area contributed by atoms with E-state index < -0.39 is 10.0 Å². The van der Waals surface area contributed by atoms with Gasteiger partial charge in [0.25, 0.3) is 5.91 Å². The molecule has 0 aromatic heterocycles. The van der Waals surface area contributed by atoms with Crippen LogP contribution in [0.5, 0.6) is 0 Å². The molecule has 1 saturated heterocycles. The molecule has 6 nitrogen and oxygen atoms in total. The standard InChI is InChI=1S/C16H22N2O4S/c1-11-8-14-9-13(4-5-15(14)18(11)23(3,20)21)16(19)17-6-7-22-10-12(17)2/h4-5,9,11-12H,6-8,10H2,1-3H3. The fraction of sp³-hybridized carbons (Fsp3) is 0.562. The Balaban J connectivity index is 1.91. The van der Waals surface area contributed by atoms with Gasteiger partial charge in [-0.25, -0.2) is 8.42 Å². The summed E-state index contributed by atoms with van der Waals surface area (Å²) >= 11 is 0. The molecule has 0 spiro atoms. The molecule has 126 valence electrons. The predicted octanol–water partition coefficient (Wildman–Crippen LogP) is 1.26. The number of anilines is 1. The summed E-state index contributed by atoms with van der Waals surface area (Å²) in [4.78, 5) is 14.5. The van der Waals surface area contributed by atoms with Crippen LogP contribution in [-0.2, 0) is 21.2 Å². The molecule has 3 rings (SSSR count). The third-order valence-electron chi connectivity index (χ3n) is 4.47. The molecule has 1 amide bonds. The van der Waals surface area contributed by atoms with E-state index in [2.05, 4.69) is 0 Å². The first-order chi connectivity index (χ1) is 10.8. The Morgan fingerprint density at radius 2 is 2.00 bits per heavy atom. The minimum Gasteiger partial charge on any atom is -0.377 e. The molecular formula is C16H22N2O4S. The second-order valence-electron chi connectivity index (χ2n) is 6.38. The van der Waals surface area contributed by atoms with Gasteiger partial charge in [0.1, 0.15) is 0 Å². The third kappa shape index (κ3) is 2.95. The van der Waals surface area contributed by atoms with E-state index in [4.69, 9.17) is 4.74 Å². The van der Waals surface area contributed by atoms with Crippen molar-refractivity contribution in [3.8, 4) is 0 Å². The summed E-state index contributed by atoms with van der Waals surface area (Å²) in [6.45, 7) is 5.54. The van der Waals surface area contributed by atoms with E-state index in [1.54, 1.807) is 12.1 Å². The van der Waals surface area contributed by atoms with Crippen molar-refractivity contribution in [3.63, 3.8) is 0 Å². The Hall–Kier alpha value is -1.60. The molecule has 2 unspecified atom stereocenters. The average Bonchev–Trinajstić information content (AvgIpc) is 2.81. The van der Waals surface area contributed by atoms with Crippen LogP contribution in [0, 0.1) is 0 Å². The first-order valence-corrected chi connectivity index (χ1v) is 9.65. The quantitative estimate of drug-likeness (QED) is 0.814. The van der Waals surface area contributed by atoms with E-state index in [1.807, 2.05) is 24.8 Å². The minimum atomic E-state index is -3.31. The molecule has 2 aliphatic rings. The summed E-state index contributed by atoms with van der Waals surface area (Å²) in [6.07, 6.45) is 1.84. The van der Waals surface area contributed by atoms with Crippen LogP contribution in [-0.4, -0.2) is 57.3 Å². The summed E-state index contributed by atoms with van der Waals surface area (Å²) in [7, 11) is -3.31. The summed E-state index contributed by atoms with van der Waals surface area (Å²) in [5, 5.41) is 0. The highest BCUT2D eigenvalue weighted by molar-refractivity contribution is 7.92. The number of nitrogens with zero attached hydrogens (tertiary/aromatic N) is 2. The first-order valence-electron chi connectivity index (χ1n) is 7.80. The van der Waals surface area contributed by atoms with E-state index in [0.717, 1.165) is 5.56 Å². The second-order valence-corrected chi connectivity index (χ2v) is 8.24. The Morgan fingerprint density at radius 3 is 2.65 bits per heavy atom. The van der Waals surface area contributed by atoms with E-state index in [9.17, 15) is 13.2 Å². The van der Waals surface area contributed by atoms with E-state index >= 15 is 0 Å². The lowest BCUT2D eigenvalue weighted by molar-refractivity contribution is 0.00359. The van der Waals surface area contributed by atoms with Gasteiger partial charge in [0.15, 0.2) is 0 Å². The normalized spacial score (nSPS) is 24.7. The van der Waals surface area contributed by atoms with Crippen LogP contribution in [0.4, 0.5) is 5.69 Å². The fourth-order valence-electron chi connectivity index (χ4n) is 3.44. The van der Waals surface area contributed by atoms with Gasteiger partial charge in [-0.05, 0) is 44.0 Å². The number of sulfonamides is 1. The third-order valence-corrected chi connectivity index (χ3v) is 5.74. The maximum absolute atomic E-state index is 12.7. The van der Waals surface area contributed by atoms with Crippen LogP contribution in [0.3, 0.4) is 0 Å². The molecule has 7 heteroatoms. The van der Waals surface area contributed by atoms with Gasteiger partial charge in [-0.3, -0.25) is 9.10 Å². The highest BCUT2D eigenvalue weighted by Gasteiger charge is 2.33. The summed E-state index contributed by atoms with van der Waals surface area (Å²) in [5.41, 5.74) is 2.21. The molecule has 0 radical (unpaired) electrons. The molecule has 0 aliphatic carbocycles. The Morgan fingerprint density at radius 1 is 1.26 bits per heavy atom. The SMILES string of the molecule is CC1COCCN1C(=O)c1ccc2c(c1)CC(C)N2S(C)(=O)=O. The van der Waals surface area contributed by atoms with Crippen molar-refractivity contribution in [2.24, 2.45) is 0 Å². The van der Waals surface area contributed by atoms with Crippen LogP contribution in [0.1, 0.15) is 29.8 Å². The molecule has 1 aromatic rings. The van der Waals surface area contributed by atoms with E-state index in [0.29, 0.717) is 37.4 Å².